The Morgan fingerprint density at radius 2 is 1.89 bits per heavy atom. The van der Waals surface area contributed by atoms with Crippen molar-refractivity contribution in [2.24, 2.45) is 11.8 Å². The van der Waals surface area contributed by atoms with Gasteiger partial charge >= 0.3 is 5.97 Å². The zero-order valence-corrected chi connectivity index (χ0v) is 21.5. The molecule has 5 rings (SSSR count). The Kier molecular flexibility index (Phi) is 6.85. The van der Waals surface area contributed by atoms with Gasteiger partial charge < -0.3 is 15.0 Å². The van der Waals surface area contributed by atoms with Gasteiger partial charge in [0.05, 0.1) is 0 Å². The molecule has 0 radical (unpaired) electrons. The van der Waals surface area contributed by atoms with Gasteiger partial charge in [-0.05, 0) is 68.1 Å². The Balaban J connectivity index is 1.64. The molecule has 0 saturated heterocycles. The SMILES string of the molecule is CC(C)c1ccnc(-c2nc3nc(C(=O)O)nc(NC(C)C4CCC4)c3n2CC2CCC(F)(F)CC2)c1. The minimum absolute atomic E-state index is 0.0279. The summed E-state index contributed by atoms with van der Waals surface area (Å²) in [6.07, 6.45) is 5.68. The lowest BCUT2D eigenvalue weighted by Crippen LogP contribution is -2.31. The number of alkyl halides is 2. The molecule has 0 amide bonds. The van der Waals surface area contributed by atoms with Crippen LogP contribution in [0.4, 0.5) is 14.6 Å². The number of nitrogens with one attached hydrogen (secondary N) is 1. The van der Waals surface area contributed by atoms with Crippen molar-refractivity contribution in [3.8, 4) is 11.5 Å². The van der Waals surface area contributed by atoms with Crippen molar-refractivity contribution < 1.29 is 18.7 Å². The highest BCUT2D eigenvalue weighted by molar-refractivity contribution is 5.92. The number of carboxylic acids is 1. The first-order chi connectivity index (χ1) is 17.6. The third-order valence-electron chi connectivity index (χ3n) is 7.97. The number of carbonyl (C=O) groups is 1. The van der Waals surface area contributed by atoms with Crippen molar-refractivity contribution in [3.63, 3.8) is 0 Å². The van der Waals surface area contributed by atoms with Crippen molar-refractivity contribution in [1.82, 2.24) is 24.5 Å². The van der Waals surface area contributed by atoms with Crippen LogP contribution in [0.5, 0.6) is 0 Å². The fraction of sp³-hybridized carbons (Fsp3) is 0.593. The number of hydrogen-bond donors (Lipinski definition) is 2. The molecular formula is C27H34F2N6O2. The summed E-state index contributed by atoms with van der Waals surface area (Å²) in [4.78, 5) is 29.9. The molecule has 0 spiro atoms. The van der Waals surface area contributed by atoms with Crippen molar-refractivity contribution >= 4 is 23.0 Å². The van der Waals surface area contributed by atoms with Gasteiger partial charge in [0.25, 0.3) is 0 Å². The summed E-state index contributed by atoms with van der Waals surface area (Å²) in [6, 6.07) is 4.03. The van der Waals surface area contributed by atoms with Crippen LogP contribution in [0.15, 0.2) is 18.3 Å². The number of pyridine rings is 1. The number of anilines is 1. The lowest BCUT2D eigenvalue weighted by atomic mass is 9.80. The van der Waals surface area contributed by atoms with Crippen molar-refractivity contribution in [2.75, 3.05) is 5.32 Å². The molecule has 1 unspecified atom stereocenters. The highest BCUT2D eigenvalue weighted by atomic mass is 19.3. The van der Waals surface area contributed by atoms with Crippen LogP contribution in [-0.4, -0.2) is 47.5 Å². The number of fused-ring (bicyclic) bond motifs is 1. The number of aromatic nitrogens is 5. The van der Waals surface area contributed by atoms with Crippen LogP contribution in [0.2, 0.25) is 0 Å². The van der Waals surface area contributed by atoms with Crippen LogP contribution in [0, 0.1) is 11.8 Å². The van der Waals surface area contributed by atoms with E-state index in [0.717, 1.165) is 18.4 Å². The zero-order chi connectivity index (χ0) is 26.3. The average molecular weight is 513 g/mol. The molecule has 37 heavy (non-hydrogen) atoms. The van der Waals surface area contributed by atoms with Crippen LogP contribution in [0.1, 0.15) is 87.8 Å². The molecule has 2 aliphatic carbocycles. The Morgan fingerprint density at radius 3 is 2.51 bits per heavy atom. The van der Waals surface area contributed by atoms with Gasteiger partial charge in [-0.3, -0.25) is 4.98 Å². The fourth-order valence-electron chi connectivity index (χ4n) is 5.35. The van der Waals surface area contributed by atoms with Crippen LogP contribution < -0.4 is 5.32 Å². The van der Waals surface area contributed by atoms with E-state index in [1.54, 1.807) is 6.20 Å². The van der Waals surface area contributed by atoms with Crippen LogP contribution >= 0.6 is 0 Å². The molecule has 3 aromatic rings. The van der Waals surface area contributed by atoms with Gasteiger partial charge in [0, 0.05) is 31.6 Å². The van der Waals surface area contributed by atoms with Crippen molar-refractivity contribution in [2.45, 2.75) is 90.1 Å². The summed E-state index contributed by atoms with van der Waals surface area (Å²) >= 11 is 0. The van der Waals surface area contributed by atoms with Gasteiger partial charge in [0.1, 0.15) is 11.2 Å². The van der Waals surface area contributed by atoms with Gasteiger partial charge in [0.15, 0.2) is 17.3 Å². The molecule has 1 atom stereocenters. The van der Waals surface area contributed by atoms with Gasteiger partial charge in [-0.2, -0.15) is 0 Å². The number of hydrogen-bond acceptors (Lipinski definition) is 6. The number of nitrogens with zero attached hydrogens (tertiary/aromatic N) is 5. The van der Waals surface area contributed by atoms with E-state index in [-0.39, 0.29) is 42.2 Å². The summed E-state index contributed by atoms with van der Waals surface area (Å²) in [5.41, 5.74) is 2.60. The van der Waals surface area contributed by atoms with Gasteiger partial charge in [0.2, 0.25) is 11.7 Å². The summed E-state index contributed by atoms with van der Waals surface area (Å²) in [5.74, 6) is -2.42. The largest absolute Gasteiger partial charge is 0.475 e. The summed E-state index contributed by atoms with van der Waals surface area (Å²) in [5, 5.41) is 13.2. The molecule has 2 saturated carbocycles. The summed E-state index contributed by atoms with van der Waals surface area (Å²) in [6.45, 7) is 6.73. The summed E-state index contributed by atoms with van der Waals surface area (Å²) in [7, 11) is 0. The molecule has 10 heteroatoms. The van der Waals surface area contributed by atoms with E-state index >= 15 is 0 Å². The predicted octanol–water partition coefficient (Wildman–Crippen LogP) is 6.14. The second-order valence-electron chi connectivity index (χ2n) is 11.0. The molecule has 2 aliphatic rings. The van der Waals surface area contributed by atoms with Gasteiger partial charge in [-0.15, -0.1) is 0 Å². The topological polar surface area (TPSA) is 106 Å². The predicted molar refractivity (Wildman–Crippen MR) is 137 cm³/mol. The molecule has 3 aromatic heterocycles. The normalized spacial score (nSPS) is 19.2. The van der Waals surface area contributed by atoms with E-state index in [2.05, 4.69) is 41.0 Å². The molecule has 2 N–H and O–H groups in total. The number of imidazole rings is 1. The maximum absolute atomic E-state index is 13.9. The maximum atomic E-state index is 13.9. The molecule has 8 nitrogen and oxygen atoms in total. The minimum atomic E-state index is -2.62. The first kappa shape index (κ1) is 25.5. The molecule has 3 heterocycles. The highest BCUT2D eigenvalue weighted by Crippen LogP contribution is 2.39. The quantitative estimate of drug-likeness (QED) is 0.374. The average Bonchev–Trinajstić information content (AvgIpc) is 3.17. The van der Waals surface area contributed by atoms with E-state index in [1.807, 2.05) is 16.7 Å². The van der Waals surface area contributed by atoms with Gasteiger partial charge in [-0.25, -0.2) is 28.5 Å². The number of carboxylic acid groups (broad SMARTS) is 1. The van der Waals surface area contributed by atoms with Gasteiger partial charge in [-0.1, -0.05) is 20.3 Å². The molecule has 198 valence electrons. The Bertz CT molecular complexity index is 1290. The van der Waals surface area contributed by atoms with Crippen LogP contribution in [0.25, 0.3) is 22.7 Å². The smallest absolute Gasteiger partial charge is 0.374 e. The van der Waals surface area contributed by atoms with E-state index in [9.17, 15) is 18.7 Å². The Labute approximate surface area is 214 Å². The van der Waals surface area contributed by atoms with Crippen LogP contribution in [0.3, 0.4) is 0 Å². The third kappa shape index (κ3) is 5.29. The molecule has 0 aliphatic heterocycles. The third-order valence-corrected chi connectivity index (χ3v) is 7.97. The molecule has 2 fully saturated rings. The monoisotopic (exact) mass is 512 g/mol. The molecular weight excluding hydrogens is 478 g/mol. The number of rotatable bonds is 8. The Morgan fingerprint density at radius 1 is 1.16 bits per heavy atom. The van der Waals surface area contributed by atoms with E-state index in [0.29, 0.717) is 48.2 Å². The standard InChI is InChI=1S/C27H34F2N6O2/c1-15(2)19-9-12-30-20(13-19)25-34-23-21(35(25)14-17-7-10-27(28,29)11-8-17)22(32-24(33-23)26(36)37)31-16(3)18-5-4-6-18/h9,12-13,15-18H,4-8,10-11,14H2,1-3H3,(H,36,37)(H,31,32,33). The molecule has 0 bridgehead atoms. The van der Waals surface area contributed by atoms with Crippen LogP contribution in [-0.2, 0) is 6.54 Å². The van der Waals surface area contributed by atoms with E-state index in [1.165, 1.54) is 6.42 Å². The zero-order valence-electron chi connectivity index (χ0n) is 21.5. The number of halogens is 2. The fourth-order valence-corrected chi connectivity index (χ4v) is 5.35. The second kappa shape index (κ2) is 9.95. The highest BCUT2D eigenvalue weighted by Gasteiger charge is 2.36. The first-order valence-electron chi connectivity index (χ1n) is 13.2. The van der Waals surface area contributed by atoms with Crippen molar-refractivity contribution in [3.05, 3.63) is 29.7 Å². The maximum Gasteiger partial charge on any atom is 0.374 e. The minimum Gasteiger partial charge on any atom is -0.475 e. The number of aromatic carboxylic acids is 1. The van der Waals surface area contributed by atoms with E-state index < -0.39 is 11.9 Å². The summed E-state index contributed by atoms with van der Waals surface area (Å²) < 4.78 is 29.8. The Hall–Kier alpha value is -3.17. The lowest BCUT2D eigenvalue weighted by molar-refractivity contribution is -0.0471. The lowest BCUT2D eigenvalue weighted by Gasteiger charge is -2.32. The molecule has 0 aromatic carbocycles. The first-order valence-corrected chi connectivity index (χ1v) is 13.2. The van der Waals surface area contributed by atoms with E-state index in [4.69, 9.17) is 4.98 Å². The van der Waals surface area contributed by atoms with Crippen molar-refractivity contribution in [1.29, 1.82) is 0 Å². The second-order valence-corrected chi connectivity index (χ2v) is 11.0.